The predicted molar refractivity (Wildman–Crippen MR) is 166 cm³/mol. The summed E-state index contributed by atoms with van der Waals surface area (Å²) in [5.41, 5.74) is 6.32. The van der Waals surface area contributed by atoms with E-state index in [0.29, 0.717) is 11.8 Å². The van der Waals surface area contributed by atoms with Crippen LogP contribution < -0.4 is 0 Å². The van der Waals surface area contributed by atoms with Crippen molar-refractivity contribution in [2.75, 3.05) is 0 Å². The number of hydrogen-bond acceptors (Lipinski definition) is 0. The fourth-order valence-corrected chi connectivity index (χ4v) is 9.41. The third-order valence-corrected chi connectivity index (χ3v) is 12.5. The predicted octanol–water partition coefficient (Wildman–Crippen LogP) is 11.7. The van der Waals surface area contributed by atoms with Crippen LogP contribution in [0, 0.1) is 10.8 Å². The van der Waals surface area contributed by atoms with Crippen LogP contribution >= 0.6 is 23.2 Å². The highest BCUT2D eigenvalue weighted by Crippen LogP contribution is 2.77. The summed E-state index contributed by atoms with van der Waals surface area (Å²) in [4.78, 5) is 0. The van der Waals surface area contributed by atoms with Crippen LogP contribution in [0.25, 0.3) is 0 Å². The molecule has 0 amide bonds. The van der Waals surface area contributed by atoms with Gasteiger partial charge in [0.1, 0.15) is 4.33 Å². The minimum Gasteiger partial charge on any atom is -0.100 e. The first-order valence-corrected chi connectivity index (χ1v) is 16.7. The van der Waals surface area contributed by atoms with Gasteiger partial charge in [0.15, 0.2) is 0 Å². The van der Waals surface area contributed by atoms with Crippen molar-refractivity contribution in [3.63, 3.8) is 0 Å². The van der Waals surface area contributed by atoms with E-state index in [0.717, 1.165) is 0 Å². The highest BCUT2D eigenvalue weighted by atomic mass is 35.5. The maximum Gasteiger partial charge on any atom is 0.129 e. The van der Waals surface area contributed by atoms with Crippen molar-refractivity contribution in [1.29, 1.82) is 0 Å². The summed E-state index contributed by atoms with van der Waals surface area (Å²) in [5.74, 6) is 1.35. The maximum absolute atomic E-state index is 7.39. The van der Waals surface area contributed by atoms with E-state index in [1.807, 2.05) is 0 Å². The Bertz CT molecular complexity index is 921. The minimum atomic E-state index is -0.553. The van der Waals surface area contributed by atoms with Gasteiger partial charge in [-0.05, 0) is 118 Å². The molecule has 5 rings (SSSR count). The average molecular weight is 554 g/mol. The van der Waals surface area contributed by atoms with E-state index in [9.17, 15) is 0 Å². The van der Waals surface area contributed by atoms with E-state index in [-0.39, 0.29) is 10.8 Å². The molecule has 2 heteroatoms. The Kier molecular flexibility index (Phi) is 9.21. The zero-order valence-corrected chi connectivity index (χ0v) is 25.6. The summed E-state index contributed by atoms with van der Waals surface area (Å²) >= 11 is 14.8. The molecular weight excluding hydrogens is 503 g/mol. The van der Waals surface area contributed by atoms with Gasteiger partial charge < -0.3 is 0 Å². The molecule has 3 fully saturated rings. The van der Waals surface area contributed by atoms with Gasteiger partial charge in [-0.2, -0.15) is 0 Å². The number of halogens is 2. The van der Waals surface area contributed by atoms with Crippen LogP contribution in [0.2, 0.25) is 0 Å². The Morgan fingerprint density at radius 1 is 0.579 bits per heavy atom. The summed E-state index contributed by atoms with van der Waals surface area (Å²) < 4.78 is -0.553. The summed E-state index contributed by atoms with van der Waals surface area (Å²) in [6.07, 6.45) is 21.2. The van der Waals surface area contributed by atoms with E-state index >= 15 is 0 Å². The van der Waals surface area contributed by atoms with Crippen molar-refractivity contribution in [3.8, 4) is 0 Å². The lowest BCUT2D eigenvalue weighted by atomic mass is 9.43. The standard InChI is InChI=1S/C36H50Cl2/c1-3-5-7-9-28-11-15-30(16-12-28)32-19-23-34(24-20-32)27-35(36(34,37)38)25-21-33(22-26-35)31-17-13-29(14-18-31)10-8-6-4-2/h11-18,32-33H,3-10,19-27H2,1-2H3. The second-order valence-electron chi connectivity index (χ2n) is 13.3. The lowest BCUT2D eigenvalue weighted by molar-refractivity contribution is -0.107. The van der Waals surface area contributed by atoms with Crippen LogP contribution in [0.15, 0.2) is 48.5 Å². The highest BCUT2D eigenvalue weighted by molar-refractivity contribution is 6.50. The molecule has 0 nitrogen and oxygen atoms in total. The molecule has 0 saturated heterocycles. The number of hydrogen-bond donors (Lipinski definition) is 0. The van der Waals surface area contributed by atoms with Crippen molar-refractivity contribution >= 4 is 23.2 Å². The largest absolute Gasteiger partial charge is 0.129 e. The summed E-state index contributed by atoms with van der Waals surface area (Å²) in [6, 6.07) is 19.1. The zero-order chi connectivity index (χ0) is 26.6. The molecule has 208 valence electrons. The van der Waals surface area contributed by atoms with E-state index in [4.69, 9.17) is 23.2 Å². The van der Waals surface area contributed by atoms with Crippen LogP contribution in [0.4, 0.5) is 0 Å². The van der Waals surface area contributed by atoms with Gasteiger partial charge in [0, 0.05) is 10.8 Å². The van der Waals surface area contributed by atoms with Crippen LogP contribution in [-0.4, -0.2) is 4.33 Å². The first-order valence-electron chi connectivity index (χ1n) is 16.0. The Hall–Kier alpha value is -0.980. The van der Waals surface area contributed by atoms with Gasteiger partial charge in [-0.1, -0.05) is 88.1 Å². The summed E-state index contributed by atoms with van der Waals surface area (Å²) in [6.45, 7) is 4.55. The van der Waals surface area contributed by atoms with Crippen LogP contribution in [0.1, 0.15) is 144 Å². The monoisotopic (exact) mass is 552 g/mol. The fraction of sp³-hybridized carbons (Fsp3) is 0.667. The molecule has 2 aromatic rings. The first-order chi connectivity index (χ1) is 18.4. The number of aryl methyl sites for hydroxylation is 2. The van der Waals surface area contributed by atoms with E-state index in [1.54, 1.807) is 0 Å². The third kappa shape index (κ3) is 5.61. The molecule has 2 aromatic carbocycles. The second kappa shape index (κ2) is 12.3. The molecule has 0 unspecified atom stereocenters. The third-order valence-electron chi connectivity index (χ3n) is 10.9. The van der Waals surface area contributed by atoms with Gasteiger partial charge in [0.25, 0.3) is 0 Å². The Morgan fingerprint density at radius 2 is 0.947 bits per heavy atom. The molecule has 0 aromatic heterocycles. The number of benzene rings is 2. The lowest BCUT2D eigenvalue weighted by Gasteiger charge is -2.69. The quantitative estimate of drug-likeness (QED) is 0.203. The molecule has 0 bridgehead atoms. The summed E-state index contributed by atoms with van der Waals surface area (Å²) in [7, 11) is 0. The zero-order valence-electron chi connectivity index (χ0n) is 24.1. The molecule has 3 aliphatic carbocycles. The number of alkyl halides is 2. The molecule has 3 aliphatic rings. The summed E-state index contributed by atoms with van der Waals surface area (Å²) in [5, 5.41) is 0. The normalized spacial score (nSPS) is 30.4. The van der Waals surface area contributed by atoms with Crippen molar-refractivity contribution in [3.05, 3.63) is 70.8 Å². The molecule has 0 aliphatic heterocycles. The minimum absolute atomic E-state index is 0.139. The molecule has 0 heterocycles. The Balaban J connectivity index is 1.13. The van der Waals surface area contributed by atoms with Gasteiger partial charge >= 0.3 is 0 Å². The van der Waals surface area contributed by atoms with Gasteiger partial charge in [-0.15, -0.1) is 23.2 Å². The van der Waals surface area contributed by atoms with E-state index < -0.39 is 4.33 Å². The molecule has 0 atom stereocenters. The molecule has 0 radical (unpaired) electrons. The smallest absolute Gasteiger partial charge is 0.100 e. The van der Waals surface area contributed by atoms with Gasteiger partial charge in [0.05, 0.1) is 0 Å². The van der Waals surface area contributed by atoms with E-state index in [1.165, 1.54) is 131 Å². The SMILES string of the molecule is CCCCCc1ccc(C2CCC3(CC2)CC2(CCC(c4ccc(CCCCC)cc4)CC2)C3(Cl)Cl)cc1. The molecular formula is C36H50Cl2. The topological polar surface area (TPSA) is 0 Å². The Morgan fingerprint density at radius 3 is 1.26 bits per heavy atom. The molecule has 0 N–H and O–H groups in total. The van der Waals surface area contributed by atoms with Crippen LogP contribution in [0.3, 0.4) is 0 Å². The molecule has 3 saturated carbocycles. The van der Waals surface area contributed by atoms with Crippen molar-refractivity contribution in [2.24, 2.45) is 10.8 Å². The Labute approximate surface area is 243 Å². The first kappa shape index (κ1) is 28.5. The molecule has 2 spiro atoms. The highest BCUT2D eigenvalue weighted by Gasteiger charge is 2.72. The van der Waals surface area contributed by atoms with Gasteiger partial charge in [0.2, 0.25) is 0 Å². The van der Waals surface area contributed by atoms with Crippen molar-refractivity contribution < 1.29 is 0 Å². The number of unbranched alkanes of at least 4 members (excludes halogenated alkanes) is 4. The van der Waals surface area contributed by atoms with E-state index in [2.05, 4.69) is 62.4 Å². The van der Waals surface area contributed by atoms with Crippen LogP contribution in [-0.2, 0) is 12.8 Å². The van der Waals surface area contributed by atoms with Crippen molar-refractivity contribution in [2.45, 2.75) is 139 Å². The second-order valence-corrected chi connectivity index (χ2v) is 14.6. The average Bonchev–Trinajstić information content (AvgIpc) is 2.95. The lowest BCUT2D eigenvalue weighted by Crippen LogP contribution is -2.66. The maximum atomic E-state index is 7.39. The van der Waals surface area contributed by atoms with Gasteiger partial charge in [-0.3, -0.25) is 0 Å². The van der Waals surface area contributed by atoms with Crippen molar-refractivity contribution in [1.82, 2.24) is 0 Å². The van der Waals surface area contributed by atoms with Gasteiger partial charge in [-0.25, -0.2) is 0 Å². The molecule has 38 heavy (non-hydrogen) atoms. The van der Waals surface area contributed by atoms with Crippen LogP contribution in [0.5, 0.6) is 0 Å². The number of rotatable bonds is 10. The fourth-order valence-electron chi connectivity index (χ4n) is 8.39.